The summed E-state index contributed by atoms with van der Waals surface area (Å²) < 4.78 is 28.2. The van der Waals surface area contributed by atoms with Gasteiger partial charge in [0, 0.05) is 16.8 Å². The molecule has 2 aromatic carbocycles. The number of hydrogen-bond acceptors (Lipinski definition) is 6. The molecule has 160 valence electrons. The fourth-order valence-electron chi connectivity index (χ4n) is 2.78. The maximum Gasteiger partial charge on any atom is 0.288 e. The van der Waals surface area contributed by atoms with Gasteiger partial charge in [0.15, 0.2) is 0 Å². The molecule has 0 radical (unpaired) electrons. The quantitative estimate of drug-likeness (QED) is 0.416. The van der Waals surface area contributed by atoms with Gasteiger partial charge in [0.1, 0.15) is 6.20 Å². The third-order valence-electron chi connectivity index (χ3n) is 4.34. The van der Waals surface area contributed by atoms with Crippen molar-refractivity contribution >= 4 is 44.6 Å². The molecule has 1 heterocycles. The van der Waals surface area contributed by atoms with Crippen LogP contribution in [0.4, 0.5) is 17.1 Å². The molecule has 31 heavy (non-hydrogen) atoms. The minimum Gasteiger partial charge on any atom is -0.322 e. The zero-order chi connectivity index (χ0) is 22.8. The van der Waals surface area contributed by atoms with Gasteiger partial charge in [-0.1, -0.05) is 23.7 Å². The number of rotatable bonds is 6. The molecule has 0 aliphatic carbocycles. The molecule has 0 saturated carbocycles. The lowest BCUT2D eigenvalue weighted by molar-refractivity contribution is -0.385. The summed E-state index contributed by atoms with van der Waals surface area (Å²) in [6.07, 6.45) is 1.06. The van der Waals surface area contributed by atoms with Crippen LogP contribution in [0.1, 0.15) is 21.6 Å². The predicted molar refractivity (Wildman–Crippen MR) is 117 cm³/mol. The molecule has 0 unspecified atom stereocenters. The number of aryl methyl sites for hydroxylation is 2. The standard InChI is InChI=1S/C20H17ClN4O5S/c1-12-6-7-15(23-20(26)18-10-17(25(27)28)11-22-13(18)2)9-19(12)31(29,30)24-16-5-3-4-14(21)8-16/h3-11,24H,1-2H3,(H,23,26). The number of carbonyl (C=O) groups excluding carboxylic acids is 1. The van der Waals surface area contributed by atoms with Gasteiger partial charge >= 0.3 is 0 Å². The normalized spacial score (nSPS) is 11.1. The lowest BCUT2D eigenvalue weighted by Gasteiger charge is -2.13. The highest BCUT2D eigenvalue weighted by atomic mass is 35.5. The van der Waals surface area contributed by atoms with Crippen LogP contribution in [0.3, 0.4) is 0 Å². The molecule has 11 heteroatoms. The summed E-state index contributed by atoms with van der Waals surface area (Å²) in [6.45, 7) is 3.16. The third kappa shape index (κ3) is 5.16. The van der Waals surface area contributed by atoms with E-state index in [1.807, 2.05) is 0 Å². The minimum atomic E-state index is -3.97. The van der Waals surface area contributed by atoms with E-state index in [1.165, 1.54) is 18.2 Å². The van der Waals surface area contributed by atoms with Crippen LogP contribution >= 0.6 is 11.6 Å². The SMILES string of the molecule is Cc1ccc(NC(=O)c2cc([N+](=O)[O-])cnc2C)cc1S(=O)(=O)Nc1cccc(Cl)c1. The maximum atomic E-state index is 12.9. The molecule has 0 aliphatic rings. The van der Waals surface area contributed by atoms with Crippen molar-refractivity contribution in [3.63, 3.8) is 0 Å². The van der Waals surface area contributed by atoms with Crippen LogP contribution in [0.25, 0.3) is 0 Å². The van der Waals surface area contributed by atoms with E-state index in [4.69, 9.17) is 11.6 Å². The first-order chi connectivity index (χ1) is 14.6. The molecule has 3 aromatic rings. The lowest BCUT2D eigenvalue weighted by atomic mass is 10.1. The van der Waals surface area contributed by atoms with Crippen LogP contribution in [-0.4, -0.2) is 24.2 Å². The Morgan fingerprint density at radius 2 is 1.84 bits per heavy atom. The molecule has 0 spiro atoms. The Bertz CT molecular complexity index is 1290. The molecule has 0 atom stereocenters. The van der Waals surface area contributed by atoms with Crippen LogP contribution in [0.15, 0.2) is 59.6 Å². The molecular formula is C20H17ClN4O5S. The summed E-state index contributed by atoms with van der Waals surface area (Å²) in [7, 11) is -3.97. The van der Waals surface area contributed by atoms with Crippen LogP contribution in [0, 0.1) is 24.0 Å². The molecule has 1 amide bonds. The van der Waals surface area contributed by atoms with Crippen molar-refractivity contribution in [3.8, 4) is 0 Å². The second kappa shape index (κ2) is 8.70. The molecule has 0 aliphatic heterocycles. The topological polar surface area (TPSA) is 131 Å². The molecule has 2 N–H and O–H groups in total. The summed E-state index contributed by atoms with van der Waals surface area (Å²) in [6, 6.07) is 11.8. The Morgan fingerprint density at radius 3 is 2.52 bits per heavy atom. The van der Waals surface area contributed by atoms with Crippen molar-refractivity contribution in [2.24, 2.45) is 0 Å². The number of anilines is 2. The van der Waals surface area contributed by atoms with Crippen molar-refractivity contribution in [1.29, 1.82) is 0 Å². The van der Waals surface area contributed by atoms with Crippen molar-refractivity contribution in [1.82, 2.24) is 4.98 Å². The largest absolute Gasteiger partial charge is 0.322 e. The number of pyridine rings is 1. The van der Waals surface area contributed by atoms with Crippen molar-refractivity contribution in [2.75, 3.05) is 10.0 Å². The van der Waals surface area contributed by atoms with Gasteiger partial charge in [0.05, 0.1) is 26.8 Å². The first-order valence-electron chi connectivity index (χ1n) is 8.88. The van der Waals surface area contributed by atoms with Crippen molar-refractivity contribution < 1.29 is 18.1 Å². The average Bonchev–Trinajstić information content (AvgIpc) is 2.69. The smallest absolute Gasteiger partial charge is 0.288 e. The highest BCUT2D eigenvalue weighted by molar-refractivity contribution is 7.92. The second-order valence-corrected chi connectivity index (χ2v) is 8.72. The number of sulfonamides is 1. The number of nitrogens with one attached hydrogen (secondary N) is 2. The van der Waals surface area contributed by atoms with E-state index in [0.717, 1.165) is 12.3 Å². The molecular weight excluding hydrogens is 444 g/mol. The Morgan fingerprint density at radius 1 is 1.10 bits per heavy atom. The zero-order valence-corrected chi connectivity index (χ0v) is 18.0. The summed E-state index contributed by atoms with van der Waals surface area (Å²) in [5.41, 5.74) is 0.934. The van der Waals surface area contributed by atoms with E-state index < -0.39 is 20.9 Å². The van der Waals surface area contributed by atoms with Crippen molar-refractivity contribution in [3.05, 3.63) is 86.7 Å². The van der Waals surface area contributed by atoms with Gasteiger partial charge in [0.25, 0.3) is 21.6 Å². The van der Waals surface area contributed by atoms with Gasteiger partial charge in [-0.15, -0.1) is 0 Å². The summed E-state index contributed by atoms with van der Waals surface area (Å²) in [4.78, 5) is 26.8. The minimum absolute atomic E-state index is 0.0104. The number of aromatic nitrogens is 1. The van der Waals surface area contributed by atoms with Crippen LogP contribution in [-0.2, 0) is 10.0 Å². The third-order valence-corrected chi connectivity index (χ3v) is 6.10. The van der Waals surface area contributed by atoms with Gasteiger partial charge in [-0.3, -0.25) is 24.6 Å². The van der Waals surface area contributed by atoms with E-state index >= 15 is 0 Å². The van der Waals surface area contributed by atoms with E-state index in [-0.39, 0.29) is 21.8 Å². The summed E-state index contributed by atoms with van der Waals surface area (Å²) in [5, 5.41) is 13.9. The maximum absolute atomic E-state index is 12.9. The molecule has 9 nitrogen and oxygen atoms in total. The van der Waals surface area contributed by atoms with Gasteiger partial charge in [-0.2, -0.15) is 0 Å². The fraction of sp³-hybridized carbons (Fsp3) is 0.100. The molecule has 1 aromatic heterocycles. The number of amides is 1. The second-order valence-electron chi connectivity index (χ2n) is 6.63. The molecule has 0 bridgehead atoms. The monoisotopic (exact) mass is 460 g/mol. The Labute approximate surface area is 183 Å². The zero-order valence-electron chi connectivity index (χ0n) is 16.4. The van der Waals surface area contributed by atoms with Crippen LogP contribution in [0.5, 0.6) is 0 Å². The number of nitro groups is 1. The number of benzene rings is 2. The summed E-state index contributed by atoms with van der Waals surface area (Å²) >= 11 is 5.91. The first kappa shape index (κ1) is 22.2. The van der Waals surface area contributed by atoms with Gasteiger partial charge in [-0.25, -0.2) is 8.42 Å². The van der Waals surface area contributed by atoms with Crippen LogP contribution in [0.2, 0.25) is 5.02 Å². The van der Waals surface area contributed by atoms with E-state index in [1.54, 1.807) is 38.1 Å². The Balaban J connectivity index is 1.90. The molecule has 0 fully saturated rings. The number of halogens is 1. The fourth-order valence-corrected chi connectivity index (χ4v) is 4.29. The van der Waals surface area contributed by atoms with Crippen LogP contribution < -0.4 is 10.0 Å². The molecule has 0 saturated heterocycles. The van der Waals surface area contributed by atoms with E-state index in [9.17, 15) is 23.3 Å². The predicted octanol–water partition coefficient (Wildman–Crippen LogP) is 4.31. The highest BCUT2D eigenvalue weighted by Crippen LogP contribution is 2.25. The Hall–Kier alpha value is -3.50. The average molecular weight is 461 g/mol. The summed E-state index contributed by atoms with van der Waals surface area (Å²) in [5.74, 6) is -0.649. The van der Waals surface area contributed by atoms with Gasteiger partial charge in [0.2, 0.25) is 0 Å². The first-order valence-corrected chi connectivity index (χ1v) is 10.7. The number of carbonyl (C=O) groups is 1. The van der Waals surface area contributed by atoms with E-state index in [0.29, 0.717) is 22.0 Å². The van der Waals surface area contributed by atoms with Crippen molar-refractivity contribution in [2.45, 2.75) is 18.7 Å². The molecule has 3 rings (SSSR count). The number of hydrogen-bond donors (Lipinski definition) is 2. The van der Waals surface area contributed by atoms with E-state index in [2.05, 4.69) is 15.0 Å². The van der Waals surface area contributed by atoms with Gasteiger partial charge in [-0.05, 0) is 49.7 Å². The highest BCUT2D eigenvalue weighted by Gasteiger charge is 2.20. The number of nitrogens with zero attached hydrogens (tertiary/aromatic N) is 2. The van der Waals surface area contributed by atoms with Gasteiger partial charge < -0.3 is 5.32 Å². The lowest BCUT2D eigenvalue weighted by Crippen LogP contribution is -2.17. The Kier molecular flexibility index (Phi) is 6.23.